The Balaban J connectivity index is 2.09. The van der Waals surface area contributed by atoms with Crippen molar-refractivity contribution in [1.82, 2.24) is 9.97 Å². The standard InChI is InChI=1S/C17H20ClN3O2/c1-9-7-10(2)16(14(18)8-9)21-15(22)6-5-13-11(3)19-12(4)20-17(13)23/h7-8H,5-6H2,1-4H3,(H,21,22)(H,19,20,23). The Morgan fingerprint density at radius 1 is 1.26 bits per heavy atom. The summed E-state index contributed by atoms with van der Waals surface area (Å²) in [6.45, 7) is 7.35. The lowest BCUT2D eigenvalue weighted by Gasteiger charge is -2.12. The molecule has 0 atom stereocenters. The molecule has 6 heteroatoms. The fourth-order valence-corrected chi connectivity index (χ4v) is 2.93. The van der Waals surface area contributed by atoms with E-state index in [1.807, 2.05) is 26.0 Å². The highest BCUT2D eigenvalue weighted by atomic mass is 35.5. The molecule has 2 rings (SSSR count). The molecule has 0 bridgehead atoms. The number of nitrogens with one attached hydrogen (secondary N) is 2. The predicted molar refractivity (Wildman–Crippen MR) is 92.2 cm³/mol. The van der Waals surface area contributed by atoms with Crippen molar-refractivity contribution in [2.24, 2.45) is 0 Å². The summed E-state index contributed by atoms with van der Waals surface area (Å²) >= 11 is 6.18. The first kappa shape index (κ1) is 17.2. The molecular weight excluding hydrogens is 314 g/mol. The van der Waals surface area contributed by atoms with Crippen molar-refractivity contribution in [3.8, 4) is 0 Å². The minimum Gasteiger partial charge on any atom is -0.325 e. The molecule has 0 unspecified atom stereocenters. The van der Waals surface area contributed by atoms with Gasteiger partial charge in [-0.25, -0.2) is 4.98 Å². The number of amides is 1. The molecule has 1 amide bonds. The largest absolute Gasteiger partial charge is 0.325 e. The van der Waals surface area contributed by atoms with Crippen molar-refractivity contribution in [1.29, 1.82) is 0 Å². The van der Waals surface area contributed by atoms with Crippen LogP contribution < -0.4 is 10.9 Å². The first-order chi connectivity index (χ1) is 10.8. The number of rotatable bonds is 4. The fourth-order valence-electron chi connectivity index (χ4n) is 2.56. The van der Waals surface area contributed by atoms with E-state index in [1.54, 1.807) is 13.8 Å². The van der Waals surface area contributed by atoms with Crippen LogP contribution in [0.4, 0.5) is 5.69 Å². The number of H-pyrrole nitrogens is 1. The van der Waals surface area contributed by atoms with E-state index >= 15 is 0 Å². The van der Waals surface area contributed by atoms with Crippen molar-refractivity contribution in [2.75, 3.05) is 5.32 Å². The zero-order valence-corrected chi connectivity index (χ0v) is 14.5. The summed E-state index contributed by atoms with van der Waals surface area (Å²) < 4.78 is 0. The predicted octanol–water partition coefficient (Wildman–Crippen LogP) is 3.23. The number of carbonyl (C=O) groups is 1. The van der Waals surface area contributed by atoms with Gasteiger partial charge in [0.05, 0.1) is 10.7 Å². The number of carbonyl (C=O) groups excluding carboxylic acids is 1. The molecule has 0 radical (unpaired) electrons. The van der Waals surface area contributed by atoms with Gasteiger partial charge in [0.15, 0.2) is 0 Å². The molecule has 0 saturated carbocycles. The van der Waals surface area contributed by atoms with Crippen LogP contribution in [-0.4, -0.2) is 15.9 Å². The van der Waals surface area contributed by atoms with Gasteiger partial charge in [-0.2, -0.15) is 0 Å². The van der Waals surface area contributed by atoms with Crippen LogP contribution in [0.3, 0.4) is 0 Å². The number of benzene rings is 1. The second-order valence-corrected chi connectivity index (χ2v) is 6.11. The van der Waals surface area contributed by atoms with Gasteiger partial charge >= 0.3 is 0 Å². The summed E-state index contributed by atoms with van der Waals surface area (Å²) in [7, 11) is 0. The van der Waals surface area contributed by atoms with Gasteiger partial charge in [-0.15, -0.1) is 0 Å². The fraction of sp³-hybridized carbons (Fsp3) is 0.353. The van der Waals surface area contributed by atoms with Gasteiger partial charge in [-0.05, 0) is 51.3 Å². The van der Waals surface area contributed by atoms with Crippen molar-refractivity contribution < 1.29 is 4.79 Å². The number of halogens is 1. The van der Waals surface area contributed by atoms with Gasteiger partial charge in [0.2, 0.25) is 5.91 Å². The molecule has 0 spiro atoms. The van der Waals surface area contributed by atoms with Gasteiger partial charge in [0.25, 0.3) is 5.56 Å². The number of aromatic amines is 1. The molecule has 2 N–H and O–H groups in total. The smallest absolute Gasteiger partial charge is 0.254 e. The summed E-state index contributed by atoms with van der Waals surface area (Å²) in [5, 5.41) is 3.34. The Morgan fingerprint density at radius 3 is 2.57 bits per heavy atom. The number of aromatic nitrogens is 2. The number of hydrogen-bond donors (Lipinski definition) is 2. The highest BCUT2D eigenvalue weighted by molar-refractivity contribution is 6.34. The second kappa shape index (κ2) is 6.96. The zero-order chi connectivity index (χ0) is 17.1. The highest BCUT2D eigenvalue weighted by Crippen LogP contribution is 2.27. The maximum absolute atomic E-state index is 12.2. The average Bonchev–Trinajstić information content (AvgIpc) is 2.41. The number of hydrogen-bond acceptors (Lipinski definition) is 3. The zero-order valence-electron chi connectivity index (χ0n) is 13.7. The van der Waals surface area contributed by atoms with E-state index < -0.39 is 0 Å². The van der Waals surface area contributed by atoms with Crippen LogP contribution in [0.15, 0.2) is 16.9 Å². The SMILES string of the molecule is Cc1cc(C)c(NC(=O)CCc2c(C)nc(C)[nH]c2=O)c(Cl)c1. The van der Waals surface area contributed by atoms with E-state index in [2.05, 4.69) is 15.3 Å². The van der Waals surface area contributed by atoms with E-state index in [1.165, 1.54) is 0 Å². The van der Waals surface area contributed by atoms with Crippen LogP contribution in [-0.2, 0) is 11.2 Å². The number of aryl methyl sites for hydroxylation is 4. The Bertz CT molecular complexity index is 789. The third-order valence-electron chi connectivity index (χ3n) is 3.64. The molecule has 2 aromatic rings. The minimum atomic E-state index is -0.188. The van der Waals surface area contributed by atoms with Crippen LogP contribution in [0, 0.1) is 27.7 Å². The molecule has 1 heterocycles. The van der Waals surface area contributed by atoms with E-state index in [0.717, 1.165) is 11.1 Å². The Labute approximate surface area is 140 Å². The van der Waals surface area contributed by atoms with Crippen molar-refractivity contribution >= 4 is 23.2 Å². The van der Waals surface area contributed by atoms with Gasteiger partial charge in [-0.3, -0.25) is 9.59 Å². The molecule has 122 valence electrons. The monoisotopic (exact) mass is 333 g/mol. The molecular formula is C17H20ClN3O2. The molecule has 0 aliphatic rings. The molecule has 1 aromatic heterocycles. The lowest BCUT2D eigenvalue weighted by Crippen LogP contribution is -2.20. The third-order valence-corrected chi connectivity index (χ3v) is 3.94. The summed E-state index contributed by atoms with van der Waals surface area (Å²) in [4.78, 5) is 31.0. The summed E-state index contributed by atoms with van der Waals surface area (Å²) in [6, 6.07) is 3.77. The van der Waals surface area contributed by atoms with E-state index in [4.69, 9.17) is 11.6 Å². The molecule has 1 aromatic carbocycles. The topological polar surface area (TPSA) is 74.8 Å². The third kappa shape index (κ3) is 4.20. The van der Waals surface area contributed by atoms with Crippen LogP contribution in [0.5, 0.6) is 0 Å². The van der Waals surface area contributed by atoms with E-state index in [-0.39, 0.29) is 17.9 Å². The number of anilines is 1. The molecule has 0 saturated heterocycles. The molecule has 5 nitrogen and oxygen atoms in total. The molecule has 0 fully saturated rings. The Morgan fingerprint density at radius 2 is 1.96 bits per heavy atom. The lowest BCUT2D eigenvalue weighted by molar-refractivity contribution is -0.116. The lowest BCUT2D eigenvalue weighted by atomic mass is 10.1. The Hall–Kier alpha value is -2.14. The minimum absolute atomic E-state index is 0.182. The van der Waals surface area contributed by atoms with Gasteiger partial charge in [0, 0.05) is 17.7 Å². The maximum atomic E-state index is 12.2. The van der Waals surface area contributed by atoms with Crippen molar-refractivity contribution in [3.05, 3.63) is 55.7 Å². The van der Waals surface area contributed by atoms with E-state index in [0.29, 0.717) is 34.2 Å². The summed E-state index contributed by atoms with van der Waals surface area (Å²) in [5.74, 6) is 0.390. The van der Waals surface area contributed by atoms with Crippen molar-refractivity contribution in [3.63, 3.8) is 0 Å². The van der Waals surface area contributed by atoms with Gasteiger partial charge < -0.3 is 10.3 Å². The summed E-state index contributed by atoms with van der Waals surface area (Å²) in [6.07, 6.45) is 0.529. The molecule has 0 aliphatic heterocycles. The van der Waals surface area contributed by atoms with E-state index in [9.17, 15) is 9.59 Å². The second-order valence-electron chi connectivity index (χ2n) is 5.70. The van der Waals surface area contributed by atoms with Crippen molar-refractivity contribution in [2.45, 2.75) is 40.5 Å². The van der Waals surface area contributed by atoms with Gasteiger partial charge in [-0.1, -0.05) is 17.7 Å². The quantitative estimate of drug-likeness (QED) is 0.902. The first-order valence-electron chi connectivity index (χ1n) is 7.41. The van der Waals surface area contributed by atoms with Crippen LogP contribution in [0.1, 0.15) is 34.6 Å². The van der Waals surface area contributed by atoms with Crippen LogP contribution >= 0.6 is 11.6 Å². The first-order valence-corrected chi connectivity index (χ1v) is 7.78. The molecule has 0 aliphatic carbocycles. The highest BCUT2D eigenvalue weighted by Gasteiger charge is 2.12. The Kier molecular flexibility index (Phi) is 5.21. The summed E-state index contributed by atoms with van der Waals surface area (Å²) in [5.41, 5.74) is 3.58. The molecule has 23 heavy (non-hydrogen) atoms. The van der Waals surface area contributed by atoms with Gasteiger partial charge in [0.1, 0.15) is 5.82 Å². The van der Waals surface area contributed by atoms with Crippen LogP contribution in [0.25, 0.3) is 0 Å². The average molecular weight is 334 g/mol. The normalized spacial score (nSPS) is 10.7. The van der Waals surface area contributed by atoms with Crippen LogP contribution in [0.2, 0.25) is 5.02 Å². The maximum Gasteiger partial charge on any atom is 0.254 e. The number of nitrogens with zero attached hydrogens (tertiary/aromatic N) is 1.